The van der Waals surface area contributed by atoms with Crippen LogP contribution >= 0.6 is 0 Å². The van der Waals surface area contributed by atoms with Crippen molar-refractivity contribution >= 4 is 17.8 Å². The van der Waals surface area contributed by atoms with Gasteiger partial charge in [0.25, 0.3) is 0 Å². The molecule has 0 amide bonds. The second-order valence-corrected chi connectivity index (χ2v) is 13.8. The van der Waals surface area contributed by atoms with E-state index in [-0.39, 0.29) is 0 Å². The summed E-state index contributed by atoms with van der Waals surface area (Å²) >= 11 is 0. The highest BCUT2D eigenvalue weighted by Crippen LogP contribution is 2.67. The predicted molar refractivity (Wildman–Crippen MR) is 179 cm³/mol. The molecule has 42 heavy (non-hydrogen) atoms. The Bertz CT molecular complexity index is 1140. The predicted octanol–water partition coefficient (Wildman–Crippen LogP) is 9.68. The number of allylic oxidation sites excluding steroid dienone is 4. The van der Waals surface area contributed by atoms with Crippen LogP contribution in [0.3, 0.4) is 0 Å². The molecule has 6 nitrogen and oxygen atoms in total. The third-order valence-corrected chi connectivity index (χ3v) is 10.9. The van der Waals surface area contributed by atoms with E-state index in [4.69, 9.17) is 15.0 Å². The Morgan fingerprint density at radius 1 is 0.857 bits per heavy atom. The smallest absolute Gasteiger partial charge is 0.233 e. The average Bonchev–Trinajstić information content (AvgIpc) is 3.32. The molecule has 2 bridgehead atoms. The third-order valence-electron chi connectivity index (χ3n) is 10.9. The highest BCUT2D eigenvalue weighted by Gasteiger charge is 2.58. The summed E-state index contributed by atoms with van der Waals surface area (Å²) in [6.07, 6.45) is 21.1. The van der Waals surface area contributed by atoms with Gasteiger partial charge < -0.3 is 16.0 Å². The van der Waals surface area contributed by atoms with Gasteiger partial charge in [0.1, 0.15) is 0 Å². The summed E-state index contributed by atoms with van der Waals surface area (Å²) in [4.78, 5) is 14.3. The molecule has 0 aliphatic heterocycles. The monoisotopic (exact) mass is 574 g/mol. The van der Waals surface area contributed by atoms with Crippen LogP contribution in [-0.2, 0) is 0 Å². The summed E-state index contributed by atoms with van der Waals surface area (Å²) < 4.78 is 0. The van der Waals surface area contributed by atoms with E-state index < -0.39 is 0 Å². The molecule has 0 saturated heterocycles. The van der Waals surface area contributed by atoms with E-state index in [2.05, 4.69) is 88.4 Å². The van der Waals surface area contributed by atoms with Gasteiger partial charge in [-0.15, -0.1) is 5.73 Å². The lowest BCUT2D eigenvalue weighted by molar-refractivity contribution is 0.179. The number of nitrogens with zero attached hydrogens (tertiary/aromatic N) is 3. The average molecular weight is 575 g/mol. The van der Waals surface area contributed by atoms with Crippen molar-refractivity contribution in [3.8, 4) is 0 Å². The summed E-state index contributed by atoms with van der Waals surface area (Å²) in [5, 5.41) is 10.5. The van der Waals surface area contributed by atoms with Crippen LogP contribution in [0.15, 0.2) is 40.8 Å². The highest BCUT2D eigenvalue weighted by atomic mass is 15.3. The molecule has 4 rings (SSSR count). The van der Waals surface area contributed by atoms with E-state index in [0.717, 1.165) is 44.0 Å². The normalized spacial score (nSPS) is 23.9. The van der Waals surface area contributed by atoms with Crippen molar-refractivity contribution in [2.75, 3.05) is 29.0 Å². The van der Waals surface area contributed by atoms with Gasteiger partial charge in [0.2, 0.25) is 17.8 Å². The van der Waals surface area contributed by atoms with E-state index in [1.807, 2.05) is 0 Å². The van der Waals surface area contributed by atoms with Crippen LogP contribution in [0.1, 0.15) is 126 Å². The molecule has 3 aliphatic rings. The van der Waals surface area contributed by atoms with Crippen molar-refractivity contribution in [2.45, 2.75) is 126 Å². The molecule has 6 heteroatoms. The number of fused-ring (bicyclic) bond motifs is 2. The fourth-order valence-electron chi connectivity index (χ4n) is 7.16. The SMILES string of the molecule is CCCCC(CC)CNc1nc(NCC(CC)CCCC)nc(NC2=CCC(=C=C3CC4CCC3(C)C4(C)C)C=C2)n1. The Labute approximate surface area is 256 Å². The molecule has 2 saturated carbocycles. The minimum Gasteiger partial charge on any atom is -0.354 e. The van der Waals surface area contributed by atoms with Gasteiger partial charge in [-0.2, -0.15) is 15.0 Å². The number of hydrogen-bond donors (Lipinski definition) is 3. The van der Waals surface area contributed by atoms with E-state index in [1.165, 1.54) is 68.9 Å². The molecule has 0 radical (unpaired) electrons. The van der Waals surface area contributed by atoms with Crippen molar-refractivity contribution < 1.29 is 0 Å². The van der Waals surface area contributed by atoms with Gasteiger partial charge in [0.15, 0.2) is 0 Å². The molecule has 1 aromatic rings. The second-order valence-electron chi connectivity index (χ2n) is 13.8. The minimum absolute atomic E-state index is 0.291. The van der Waals surface area contributed by atoms with Gasteiger partial charge in [0, 0.05) is 24.2 Å². The number of hydrogen-bond acceptors (Lipinski definition) is 6. The molecule has 4 unspecified atom stereocenters. The molecule has 3 N–H and O–H groups in total. The van der Waals surface area contributed by atoms with Gasteiger partial charge in [-0.3, -0.25) is 0 Å². The van der Waals surface area contributed by atoms with Gasteiger partial charge in [-0.1, -0.05) is 93.1 Å². The molecule has 0 aromatic carbocycles. The fraction of sp³-hybridized carbons (Fsp3) is 0.722. The van der Waals surface area contributed by atoms with Crippen molar-refractivity contribution in [1.82, 2.24) is 15.0 Å². The first-order chi connectivity index (χ1) is 20.2. The summed E-state index contributed by atoms with van der Waals surface area (Å²) in [6.45, 7) is 18.2. The van der Waals surface area contributed by atoms with E-state index in [0.29, 0.717) is 40.5 Å². The van der Waals surface area contributed by atoms with Crippen molar-refractivity contribution in [3.05, 3.63) is 40.8 Å². The van der Waals surface area contributed by atoms with Gasteiger partial charge in [0.05, 0.1) is 0 Å². The van der Waals surface area contributed by atoms with Crippen LogP contribution in [0, 0.1) is 28.6 Å². The van der Waals surface area contributed by atoms with Crippen LogP contribution in [0.5, 0.6) is 0 Å². The number of rotatable bonds is 16. The van der Waals surface area contributed by atoms with E-state index in [1.54, 1.807) is 0 Å². The molecule has 1 aromatic heterocycles. The zero-order valence-corrected chi connectivity index (χ0v) is 27.7. The number of aromatic nitrogens is 3. The Balaban J connectivity index is 1.47. The van der Waals surface area contributed by atoms with E-state index >= 15 is 0 Å². The maximum Gasteiger partial charge on any atom is 0.233 e. The lowest BCUT2D eigenvalue weighted by Gasteiger charge is -2.34. The first-order valence-electron chi connectivity index (χ1n) is 17.1. The lowest BCUT2D eigenvalue weighted by atomic mass is 9.69. The summed E-state index contributed by atoms with van der Waals surface area (Å²) in [5.41, 5.74) is 8.36. The van der Waals surface area contributed by atoms with Crippen LogP contribution in [0.4, 0.5) is 17.8 Å². The standard InChI is InChI=1S/C36H58N6/c1-8-12-14-26(10-3)24-37-32-40-33(38-25-27(11-4)15-13-9-2)42-34(41-32)39-31-18-16-28(17-19-31)22-30-23-29-20-21-36(30,7)35(29,5)6/h16,18-19,26-27,29H,8-15,17,20-21,23-25H2,1-7H3,(H3,37,38,39,40,41,42). The van der Waals surface area contributed by atoms with Crippen LogP contribution in [0.25, 0.3) is 0 Å². The molecule has 1 heterocycles. The topological polar surface area (TPSA) is 74.8 Å². The van der Waals surface area contributed by atoms with Crippen LogP contribution in [0.2, 0.25) is 0 Å². The Hall–Kier alpha value is -2.59. The lowest BCUT2D eigenvalue weighted by Crippen LogP contribution is -2.27. The Kier molecular flexibility index (Phi) is 11.3. The van der Waals surface area contributed by atoms with Crippen LogP contribution < -0.4 is 16.0 Å². The summed E-state index contributed by atoms with van der Waals surface area (Å²) in [7, 11) is 0. The zero-order valence-electron chi connectivity index (χ0n) is 27.7. The number of unbranched alkanes of at least 4 members (excludes halogenated alkanes) is 2. The molecular formula is C36H58N6. The Morgan fingerprint density at radius 2 is 1.45 bits per heavy atom. The Morgan fingerprint density at radius 3 is 1.90 bits per heavy atom. The second kappa shape index (κ2) is 14.7. The molecule has 4 atom stereocenters. The highest BCUT2D eigenvalue weighted by molar-refractivity contribution is 5.50. The summed E-state index contributed by atoms with van der Waals surface area (Å²) in [6, 6.07) is 0. The first kappa shape index (κ1) is 32.3. The molecule has 232 valence electrons. The fourth-order valence-corrected chi connectivity index (χ4v) is 7.16. The van der Waals surface area contributed by atoms with E-state index in [9.17, 15) is 0 Å². The van der Waals surface area contributed by atoms with Gasteiger partial charge in [-0.25, -0.2) is 0 Å². The van der Waals surface area contributed by atoms with Crippen molar-refractivity contribution in [2.24, 2.45) is 28.6 Å². The van der Waals surface area contributed by atoms with Crippen molar-refractivity contribution in [1.29, 1.82) is 0 Å². The van der Waals surface area contributed by atoms with Gasteiger partial charge in [-0.05, 0) is 85.0 Å². The third kappa shape index (κ3) is 7.67. The number of anilines is 3. The largest absolute Gasteiger partial charge is 0.354 e. The van der Waals surface area contributed by atoms with Crippen molar-refractivity contribution in [3.63, 3.8) is 0 Å². The van der Waals surface area contributed by atoms with Crippen LogP contribution in [-0.4, -0.2) is 28.0 Å². The number of nitrogens with one attached hydrogen (secondary N) is 3. The molecule has 3 aliphatic carbocycles. The maximum absolute atomic E-state index is 4.78. The zero-order chi connectivity index (χ0) is 30.2. The molecular weight excluding hydrogens is 516 g/mol. The van der Waals surface area contributed by atoms with Gasteiger partial charge >= 0.3 is 0 Å². The summed E-state index contributed by atoms with van der Waals surface area (Å²) in [5.74, 6) is 3.92. The minimum atomic E-state index is 0.291. The first-order valence-corrected chi connectivity index (χ1v) is 17.1. The molecule has 2 fully saturated rings. The molecule has 0 spiro atoms. The quantitative estimate of drug-likeness (QED) is 0.171. The maximum atomic E-state index is 4.78.